The molecule has 1 N–H and O–H groups in total. The van der Waals surface area contributed by atoms with Crippen molar-refractivity contribution in [2.24, 2.45) is 5.92 Å². The van der Waals surface area contributed by atoms with Crippen molar-refractivity contribution in [1.29, 1.82) is 5.26 Å². The molecule has 0 saturated carbocycles. The van der Waals surface area contributed by atoms with Crippen molar-refractivity contribution < 1.29 is 5.11 Å². The summed E-state index contributed by atoms with van der Waals surface area (Å²) in [5, 5.41) is 18.9. The first-order chi connectivity index (χ1) is 8.86. The lowest BCUT2D eigenvalue weighted by Crippen LogP contribution is -2.31. The molecule has 0 fully saturated rings. The number of benzene rings is 1. The Morgan fingerprint density at radius 2 is 1.89 bits per heavy atom. The Labute approximate surface area is 116 Å². The van der Waals surface area contributed by atoms with Gasteiger partial charge in [0.05, 0.1) is 17.7 Å². The predicted octanol–water partition coefficient (Wildman–Crippen LogP) is 3.48. The maximum atomic E-state index is 9.87. The summed E-state index contributed by atoms with van der Waals surface area (Å²) in [4.78, 5) is 2.16. The minimum Gasteiger partial charge on any atom is -0.389 e. The smallest absolute Gasteiger partial charge is 0.0992 e. The minimum absolute atomic E-state index is 0.367. The van der Waals surface area contributed by atoms with Gasteiger partial charge in [-0.2, -0.15) is 5.26 Å². The van der Waals surface area contributed by atoms with E-state index in [1.165, 1.54) is 0 Å². The van der Waals surface area contributed by atoms with Crippen LogP contribution in [0.4, 0.5) is 5.69 Å². The Balaban J connectivity index is 3.12. The molecule has 104 valence electrons. The van der Waals surface area contributed by atoms with Crippen LogP contribution in [0.25, 0.3) is 0 Å². The van der Waals surface area contributed by atoms with Gasteiger partial charge in [-0.3, -0.25) is 0 Å². The SMILES string of the molecule is CC(C)CC(C)N(C)c1cc(C#N)ccc1[C@H](C)O. The summed E-state index contributed by atoms with van der Waals surface area (Å²) in [6, 6.07) is 7.99. The number of aliphatic hydroxyl groups is 1. The van der Waals surface area contributed by atoms with Crippen LogP contribution in [0.2, 0.25) is 0 Å². The number of nitrogens with zero attached hydrogens (tertiary/aromatic N) is 2. The van der Waals surface area contributed by atoms with Gasteiger partial charge >= 0.3 is 0 Å². The van der Waals surface area contributed by atoms with Crippen molar-refractivity contribution in [3.05, 3.63) is 29.3 Å². The molecule has 0 amide bonds. The molecule has 1 unspecified atom stereocenters. The van der Waals surface area contributed by atoms with Crippen molar-refractivity contribution in [3.8, 4) is 6.07 Å². The molecule has 0 bridgehead atoms. The lowest BCUT2D eigenvalue weighted by Gasteiger charge is -2.31. The van der Waals surface area contributed by atoms with Gasteiger partial charge in [-0.25, -0.2) is 0 Å². The third-order valence-electron chi connectivity index (χ3n) is 3.46. The van der Waals surface area contributed by atoms with E-state index in [-0.39, 0.29) is 0 Å². The van der Waals surface area contributed by atoms with E-state index < -0.39 is 6.10 Å². The van der Waals surface area contributed by atoms with Crippen molar-refractivity contribution >= 4 is 5.69 Å². The molecule has 0 aliphatic rings. The molecule has 19 heavy (non-hydrogen) atoms. The monoisotopic (exact) mass is 260 g/mol. The molecule has 0 heterocycles. The molecule has 1 rings (SSSR count). The van der Waals surface area contributed by atoms with Gasteiger partial charge in [-0.05, 0) is 38.3 Å². The molecule has 3 heteroatoms. The van der Waals surface area contributed by atoms with Gasteiger partial charge in [0.25, 0.3) is 0 Å². The molecule has 0 aliphatic carbocycles. The number of rotatable bonds is 5. The highest BCUT2D eigenvalue weighted by Crippen LogP contribution is 2.29. The average molecular weight is 260 g/mol. The first-order valence-corrected chi connectivity index (χ1v) is 6.81. The van der Waals surface area contributed by atoms with Crippen LogP contribution in [0.15, 0.2) is 18.2 Å². The van der Waals surface area contributed by atoms with E-state index in [0.717, 1.165) is 17.7 Å². The third-order valence-corrected chi connectivity index (χ3v) is 3.46. The van der Waals surface area contributed by atoms with Gasteiger partial charge in [0.1, 0.15) is 0 Å². The van der Waals surface area contributed by atoms with E-state index >= 15 is 0 Å². The maximum absolute atomic E-state index is 9.87. The quantitative estimate of drug-likeness (QED) is 0.881. The van der Waals surface area contributed by atoms with Crippen LogP contribution >= 0.6 is 0 Å². The highest BCUT2D eigenvalue weighted by Gasteiger charge is 2.17. The number of hydrogen-bond acceptors (Lipinski definition) is 3. The summed E-state index contributed by atoms with van der Waals surface area (Å²) in [5.74, 6) is 0.617. The zero-order valence-corrected chi connectivity index (χ0v) is 12.5. The molecule has 0 spiro atoms. The number of nitriles is 1. The predicted molar refractivity (Wildman–Crippen MR) is 79.1 cm³/mol. The largest absolute Gasteiger partial charge is 0.389 e. The summed E-state index contributed by atoms with van der Waals surface area (Å²) >= 11 is 0. The zero-order chi connectivity index (χ0) is 14.6. The fraction of sp³-hybridized carbons (Fsp3) is 0.562. The van der Waals surface area contributed by atoms with Crippen LogP contribution in [0, 0.1) is 17.2 Å². The molecule has 0 aliphatic heterocycles. The number of aliphatic hydroxyl groups excluding tert-OH is 1. The Bertz CT molecular complexity index is 460. The zero-order valence-electron chi connectivity index (χ0n) is 12.5. The van der Waals surface area contributed by atoms with Crippen LogP contribution < -0.4 is 4.90 Å². The molecule has 0 aromatic heterocycles. The number of hydrogen-bond donors (Lipinski definition) is 1. The summed E-state index contributed by atoms with van der Waals surface area (Å²) in [6.07, 6.45) is 0.545. The van der Waals surface area contributed by atoms with Gasteiger partial charge in [0.2, 0.25) is 0 Å². The third kappa shape index (κ3) is 3.97. The molecule has 2 atom stereocenters. The molecule has 1 aromatic carbocycles. The van der Waals surface area contributed by atoms with Crippen LogP contribution in [0.3, 0.4) is 0 Å². The van der Waals surface area contributed by atoms with Crippen molar-refractivity contribution in [1.82, 2.24) is 0 Å². The van der Waals surface area contributed by atoms with E-state index in [0.29, 0.717) is 17.5 Å². The van der Waals surface area contributed by atoms with Crippen LogP contribution in [-0.2, 0) is 0 Å². The second-order valence-electron chi connectivity index (χ2n) is 5.65. The summed E-state index contributed by atoms with van der Waals surface area (Å²) in [7, 11) is 2.02. The molecular formula is C16H24N2O. The van der Waals surface area contributed by atoms with Gasteiger partial charge in [0, 0.05) is 24.3 Å². The van der Waals surface area contributed by atoms with E-state index in [2.05, 4.69) is 31.7 Å². The summed E-state index contributed by atoms with van der Waals surface area (Å²) < 4.78 is 0. The summed E-state index contributed by atoms with van der Waals surface area (Å²) in [6.45, 7) is 8.33. The van der Waals surface area contributed by atoms with E-state index in [1.807, 2.05) is 19.2 Å². The molecule has 3 nitrogen and oxygen atoms in total. The Morgan fingerprint density at radius 3 is 2.37 bits per heavy atom. The highest BCUT2D eigenvalue weighted by molar-refractivity contribution is 5.58. The highest BCUT2D eigenvalue weighted by atomic mass is 16.3. The van der Waals surface area contributed by atoms with Crippen LogP contribution in [0.5, 0.6) is 0 Å². The fourth-order valence-electron chi connectivity index (χ4n) is 2.35. The molecular weight excluding hydrogens is 236 g/mol. The number of anilines is 1. The summed E-state index contributed by atoms with van der Waals surface area (Å²) in [5.41, 5.74) is 2.45. The lowest BCUT2D eigenvalue weighted by atomic mass is 10.0. The molecule has 0 radical (unpaired) electrons. The standard InChI is InChI=1S/C16H24N2O/c1-11(2)8-12(3)18(5)16-9-14(10-17)6-7-15(16)13(4)19/h6-7,9,11-13,19H,8H2,1-5H3/t12?,13-/m0/s1. The maximum Gasteiger partial charge on any atom is 0.0992 e. The topological polar surface area (TPSA) is 47.3 Å². The Hall–Kier alpha value is -1.53. The van der Waals surface area contributed by atoms with Crippen molar-refractivity contribution in [2.75, 3.05) is 11.9 Å². The van der Waals surface area contributed by atoms with Crippen molar-refractivity contribution in [3.63, 3.8) is 0 Å². The molecule has 0 saturated heterocycles. The van der Waals surface area contributed by atoms with Crippen molar-refractivity contribution in [2.45, 2.75) is 46.3 Å². The first kappa shape index (κ1) is 15.5. The van der Waals surface area contributed by atoms with Gasteiger partial charge in [0.15, 0.2) is 0 Å². The fourth-order valence-corrected chi connectivity index (χ4v) is 2.35. The van der Waals surface area contributed by atoms with Crippen LogP contribution in [-0.4, -0.2) is 18.2 Å². The Kier molecular flexibility index (Phi) is 5.38. The average Bonchev–Trinajstić information content (AvgIpc) is 2.36. The van der Waals surface area contributed by atoms with E-state index in [9.17, 15) is 5.11 Å². The molecule has 1 aromatic rings. The Morgan fingerprint density at radius 1 is 1.26 bits per heavy atom. The van der Waals surface area contributed by atoms with Crippen LogP contribution in [0.1, 0.15) is 51.3 Å². The first-order valence-electron chi connectivity index (χ1n) is 6.81. The van der Waals surface area contributed by atoms with E-state index in [1.54, 1.807) is 13.0 Å². The second-order valence-corrected chi connectivity index (χ2v) is 5.65. The van der Waals surface area contributed by atoms with E-state index in [4.69, 9.17) is 5.26 Å². The lowest BCUT2D eigenvalue weighted by molar-refractivity contribution is 0.199. The van der Waals surface area contributed by atoms with Gasteiger partial charge in [-0.15, -0.1) is 0 Å². The second kappa shape index (κ2) is 6.58. The normalized spacial score (nSPS) is 14.0. The van der Waals surface area contributed by atoms with Gasteiger partial charge < -0.3 is 10.0 Å². The van der Waals surface area contributed by atoms with Gasteiger partial charge in [-0.1, -0.05) is 19.9 Å². The minimum atomic E-state index is -0.531.